The van der Waals surface area contributed by atoms with Gasteiger partial charge in [0.05, 0.1) is 13.2 Å². The summed E-state index contributed by atoms with van der Waals surface area (Å²) in [7, 11) is 0. The first-order valence-electron chi connectivity index (χ1n) is 10.1. The number of aromatic nitrogens is 4. The minimum absolute atomic E-state index is 0.136. The molecule has 0 aliphatic carbocycles. The number of morpholine rings is 1. The summed E-state index contributed by atoms with van der Waals surface area (Å²) in [6, 6.07) is 5.42. The number of amides is 1. The van der Waals surface area contributed by atoms with Gasteiger partial charge in [-0.1, -0.05) is 0 Å². The quantitative estimate of drug-likeness (QED) is 0.683. The number of fused-ring (bicyclic) bond motifs is 1. The van der Waals surface area contributed by atoms with Crippen LogP contribution < -0.4 is 10.9 Å². The van der Waals surface area contributed by atoms with Crippen LogP contribution in [-0.4, -0.2) is 62.8 Å². The molecule has 4 rings (SSSR count). The number of rotatable bonds is 5. The molecule has 1 saturated heterocycles. The Bertz CT molecular complexity index is 1140. The third kappa shape index (κ3) is 4.12. The lowest BCUT2D eigenvalue weighted by Crippen LogP contribution is -2.40. The second-order valence-electron chi connectivity index (χ2n) is 7.62. The fourth-order valence-electron chi connectivity index (χ4n) is 3.72. The van der Waals surface area contributed by atoms with Crippen LogP contribution in [-0.2, 0) is 11.3 Å². The molecule has 9 heteroatoms. The van der Waals surface area contributed by atoms with Gasteiger partial charge in [-0.2, -0.15) is 0 Å². The van der Waals surface area contributed by atoms with Crippen LogP contribution in [0.25, 0.3) is 5.65 Å². The largest absolute Gasteiger partial charge is 0.379 e. The van der Waals surface area contributed by atoms with Gasteiger partial charge in [0, 0.05) is 49.8 Å². The Morgan fingerprint density at radius 2 is 1.93 bits per heavy atom. The van der Waals surface area contributed by atoms with Crippen LogP contribution in [0.2, 0.25) is 0 Å². The molecule has 0 aromatic carbocycles. The van der Waals surface area contributed by atoms with E-state index >= 15 is 0 Å². The van der Waals surface area contributed by atoms with Gasteiger partial charge in [0.2, 0.25) is 0 Å². The molecule has 1 amide bonds. The number of hydrogen-bond donors (Lipinski definition) is 1. The summed E-state index contributed by atoms with van der Waals surface area (Å²) in [5.74, 6) is -0.0975. The van der Waals surface area contributed by atoms with Gasteiger partial charge < -0.3 is 14.6 Å². The number of nitrogens with zero attached hydrogens (tertiary/aromatic N) is 5. The van der Waals surface area contributed by atoms with Gasteiger partial charge >= 0.3 is 0 Å². The second-order valence-corrected chi connectivity index (χ2v) is 7.62. The molecular formula is C21H26N6O3. The molecule has 0 saturated carbocycles. The second kappa shape index (κ2) is 8.37. The molecule has 3 aromatic heterocycles. The fourth-order valence-corrected chi connectivity index (χ4v) is 3.72. The smallest absolute Gasteiger partial charge is 0.263 e. The summed E-state index contributed by atoms with van der Waals surface area (Å²) < 4.78 is 8.62. The number of carbonyl (C=O) groups excluding carboxylic acids is 1. The Morgan fingerprint density at radius 3 is 2.70 bits per heavy atom. The number of pyridine rings is 1. The summed E-state index contributed by atoms with van der Waals surface area (Å²) in [6.45, 7) is 10.00. The van der Waals surface area contributed by atoms with Crippen molar-refractivity contribution >= 4 is 17.4 Å². The Kier molecular flexibility index (Phi) is 5.65. The molecular weight excluding hydrogens is 384 g/mol. The highest BCUT2D eigenvalue weighted by atomic mass is 16.5. The van der Waals surface area contributed by atoms with Crippen LogP contribution in [0.5, 0.6) is 0 Å². The third-order valence-corrected chi connectivity index (χ3v) is 5.34. The SMILES string of the molecule is Cc1cc(C)n2nc(NC(=O)c3c(C)ccn(CCN4CCOCC4)c3=O)cc2n1. The molecule has 9 nitrogen and oxygen atoms in total. The van der Waals surface area contributed by atoms with Crippen molar-refractivity contribution in [2.45, 2.75) is 27.3 Å². The highest BCUT2D eigenvalue weighted by Gasteiger charge is 2.18. The van der Waals surface area contributed by atoms with Gasteiger partial charge in [0.1, 0.15) is 5.56 Å². The maximum absolute atomic E-state index is 13.0. The molecule has 0 unspecified atom stereocenters. The van der Waals surface area contributed by atoms with Crippen LogP contribution in [0.1, 0.15) is 27.3 Å². The topological polar surface area (TPSA) is 93.8 Å². The van der Waals surface area contributed by atoms with Crippen molar-refractivity contribution in [2.24, 2.45) is 0 Å². The van der Waals surface area contributed by atoms with Crippen LogP contribution in [0.3, 0.4) is 0 Å². The molecule has 30 heavy (non-hydrogen) atoms. The van der Waals surface area contributed by atoms with Crippen LogP contribution in [0, 0.1) is 20.8 Å². The van der Waals surface area contributed by atoms with Crippen molar-refractivity contribution in [1.82, 2.24) is 24.1 Å². The van der Waals surface area contributed by atoms with E-state index in [4.69, 9.17) is 4.74 Å². The summed E-state index contributed by atoms with van der Waals surface area (Å²) in [6.07, 6.45) is 1.75. The summed E-state index contributed by atoms with van der Waals surface area (Å²) in [5.41, 5.74) is 2.91. The predicted molar refractivity (Wildman–Crippen MR) is 113 cm³/mol. The summed E-state index contributed by atoms with van der Waals surface area (Å²) in [5, 5.41) is 7.15. The van der Waals surface area contributed by atoms with E-state index in [1.807, 2.05) is 19.9 Å². The zero-order valence-corrected chi connectivity index (χ0v) is 17.5. The Hall–Kier alpha value is -3.04. The van der Waals surface area contributed by atoms with E-state index in [0.29, 0.717) is 36.8 Å². The average Bonchev–Trinajstić information content (AvgIpc) is 3.11. The highest BCUT2D eigenvalue weighted by Crippen LogP contribution is 2.14. The van der Waals surface area contributed by atoms with Crippen LogP contribution in [0.15, 0.2) is 29.2 Å². The fraction of sp³-hybridized carbons (Fsp3) is 0.429. The number of aryl methyl sites for hydroxylation is 3. The maximum Gasteiger partial charge on any atom is 0.263 e. The maximum atomic E-state index is 13.0. The van der Waals surface area contributed by atoms with Gasteiger partial charge in [0.25, 0.3) is 11.5 Å². The molecule has 1 fully saturated rings. The summed E-state index contributed by atoms with van der Waals surface area (Å²) >= 11 is 0. The zero-order valence-electron chi connectivity index (χ0n) is 17.5. The molecule has 158 valence electrons. The molecule has 4 heterocycles. The van der Waals surface area contributed by atoms with E-state index in [9.17, 15) is 9.59 Å². The molecule has 0 spiro atoms. The van der Waals surface area contributed by atoms with Gasteiger partial charge in [0.15, 0.2) is 11.5 Å². The Labute approximate surface area is 174 Å². The number of anilines is 1. The van der Waals surface area contributed by atoms with E-state index in [0.717, 1.165) is 31.0 Å². The predicted octanol–water partition coefficient (Wildman–Crippen LogP) is 1.40. The zero-order chi connectivity index (χ0) is 21.3. The van der Waals surface area contributed by atoms with Crippen molar-refractivity contribution in [3.05, 3.63) is 57.3 Å². The van der Waals surface area contributed by atoms with Crippen molar-refractivity contribution in [2.75, 3.05) is 38.2 Å². The van der Waals surface area contributed by atoms with Crippen molar-refractivity contribution < 1.29 is 9.53 Å². The lowest BCUT2D eigenvalue weighted by atomic mass is 10.1. The molecule has 0 atom stereocenters. The van der Waals surface area contributed by atoms with Crippen molar-refractivity contribution in [1.29, 1.82) is 0 Å². The first kappa shape index (κ1) is 20.2. The standard InChI is InChI=1S/C21H26N6O3/c1-14-4-5-26(7-6-25-8-10-30-11-9-25)21(29)19(14)20(28)23-17-13-18-22-15(2)12-16(3)27(18)24-17/h4-5,12-13H,6-11H2,1-3H3,(H,23,24,28). The van der Waals surface area contributed by atoms with Crippen LogP contribution in [0.4, 0.5) is 5.82 Å². The van der Waals surface area contributed by atoms with Crippen molar-refractivity contribution in [3.63, 3.8) is 0 Å². The number of ether oxygens (including phenoxy) is 1. The Morgan fingerprint density at radius 1 is 1.17 bits per heavy atom. The minimum Gasteiger partial charge on any atom is -0.379 e. The molecule has 3 aromatic rings. The van der Waals surface area contributed by atoms with E-state index in [1.54, 1.807) is 34.3 Å². The highest BCUT2D eigenvalue weighted by molar-refractivity contribution is 6.04. The molecule has 0 radical (unpaired) electrons. The van der Waals surface area contributed by atoms with Gasteiger partial charge in [-0.3, -0.25) is 14.5 Å². The Balaban J connectivity index is 1.54. The molecule has 0 bridgehead atoms. The number of hydrogen-bond acceptors (Lipinski definition) is 6. The lowest BCUT2D eigenvalue weighted by Gasteiger charge is -2.26. The van der Waals surface area contributed by atoms with E-state index in [-0.39, 0.29) is 11.1 Å². The third-order valence-electron chi connectivity index (χ3n) is 5.34. The van der Waals surface area contributed by atoms with Crippen LogP contribution >= 0.6 is 0 Å². The normalized spacial score (nSPS) is 14.9. The minimum atomic E-state index is -0.462. The lowest BCUT2D eigenvalue weighted by molar-refractivity contribution is 0.0363. The number of carbonyl (C=O) groups is 1. The first-order valence-corrected chi connectivity index (χ1v) is 10.1. The number of nitrogens with one attached hydrogen (secondary N) is 1. The van der Waals surface area contributed by atoms with Crippen molar-refractivity contribution in [3.8, 4) is 0 Å². The molecule has 1 aliphatic heterocycles. The molecule has 1 N–H and O–H groups in total. The summed E-state index contributed by atoms with van der Waals surface area (Å²) in [4.78, 5) is 32.6. The van der Waals surface area contributed by atoms with Gasteiger partial charge in [-0.15, -0.1) is 5.10 Å². The molecule has 1 aliphatic rings. The van der Waals surface area contributed by atoms with E-state index in [2.05, 4.69) is 20.3 Å². The van der Waals surface area contributed by atoms with Gasteiger partial charge in [-0.05, 0) is 38.5 Å². The van der Waals surface area contributed by atoms with E-state index in [1.165, 1.54) is 0 Å². The van der Waals surface area contributed by atoms with Gasteiger partial charge in [-0.25, -0.2) is 9.50 Å². The average molecular weight is 410 g/mol. The monoisotopic (exact) mass is 410 g/mol. The first-order chi connectivity index (χ1) is 14.4. The van der Waals surface area contributed by atoms with E-state index < -0.39 is 5.91 Å².